The average Bonchev–Trinajstić information content (AvgIpc) is 2.66. The minimum absolute atomic E-state index is 0.0934. The molecule has 0 aliphatic heterocycles. The SMILES string of the molecule is O=C(/C=C/c1cc(Br)c(Br)s1)c1cccc(O)c1. The Morgan fingerprint density at radius 3 is 2.67 bits per heavy atom. The molecular formula is C13H8Br2O2S. The summed E-state index contributed by atoms with van der Waals surface area (Å²) in [5.41, 5.74) is 0.473. The van der Waals surface area contributed by atoms with Crippen molar-refractivity contribution < 1.29 is 9.90 Å². The Kier molecular flexibility index (Phi) is 4.37. The molecule has 2 rings (SSSR count). The van der Waals surface area contributed by atoms with E-state index in [9.17, 15) is 9.90 Å². The molecule has 2 aromatic rings. The number of hydrogen-bond acceptors (Lipinski definition) is 3. The maximum Gasteiger partial charge on any atom is 0.186 e. The van der Waals surface area contributed by atoms with Crippen LogP contribution in [-0.4, -0.2) is 10.9 Å². The van der Waals surface area contributed by atoms with E-state index in [2.05, 4.69) is 31.9 Å². The third-order valence-corrected chi connectivity index (χ3v) is 5.42. The van der Waals surface area contributed by atoms with Crippen LogP contribution in [0.4, 0.5) is 0 Å². The Labute approximate surface area is 125 Å². The van der Waals surface area contributed by atoms with Gasteiger partial charge in [0.2, 0.25) is 0 Å². The number of halogens is 2. The van der Waals surface area contributed by atoms with E-state index in [-0.39, 0.29) is 11.5 Å². The van der Waals surface area contributed by atoms with E-state index in [0.29, 0.717) is 5.56 Å². The molecule has 1 N–H and O–H groups in total. The highest BCUT2D eigenvalue weighted by molar-refractivity contribution is 9.13. The summed E-state index contributed by atoms with van der Waals surface area (Å²) in [7, 11) is 0. The van der Waals surface area contributed by atoms with E-state index in [0.717, 1.165) is 13.1 Å². The monoisotopic (exact) mass is 386 g/mol. The Morgan fingerprint density at radius 2 is 2.06 bits per heavy atom. The number of benzene rings is 1. The molecule has 0 radical (unpaired) electrons. The highest BCUT2D eigenvalue weighted by atomic mass is 79.9. The fourth-order valence-corrected chi connectivity index (χ4v) is 3.35. The summed E-state index contributed by atoms with van der Waals surface area (Å²) in [4.78, 5) is 12.8. The summed E-state index contributed by atoms with van der Waals surface area (Å²) >= 11 is 8.32. The molecule has 0 unspecified atom stereocenters. The van der Waals surface area contributed by atoms with Gasteiger partial charge in [0.15, 0.2) is 5.78 Å². The van der Waals surface area contributed by atoms with Crippen molar-refractivity contribution in [3.63, 3.8) is 0 Å². The summed E-state index contributed by atoms with van der Waals surface area (Å²) < 4.78 is 1.96. The second-order valence-corrected chi connectivity index (χ2v) is 6.77. The quantitative estimate of drug-likeness (QED) is 0.602. The van der Waals surface area contributed by atoms with Crippen LogP contribution >= 0.6 is 43.2 Å². The molecule has 0 saturated heterocycles. The number of carbonyl (C=O) groups excluding carboxylic acids is 1. The van der Waals surface area contributed by atoms with Crippen LogP contribution in [0.25, 0.3) is 6.08 Å². The van der Waals surface area contributed by atoms with Gasteiger partial charge in [-0.1, -0.05) is 12.1 Å². The maximum absolute atomic E-state index is 11.8. The van der Waals surface area contributed by atoms with Crippen molar-refractivity contribution in [1.29, 1.82) is 0 Å². The van der Waals surface area contributed by atoms with Crippen molar-refractivity contribution in [2.24, 2.45) is 0 Å². The topological polar surface area (TPSA) is 37.3 Å². The molecule has 0 atom stereocenters. The molecule has 92 valence electrons. The molecule has 1 aromatic heterocycles. The van der Waals surface area contributed by atoms with Gasteiger partial charge in [-0.2, -0.15) is 0 Å². The fraction of sp³-hybridized carbons (Fsp3) is 0. The van der Waals surface area contributed by atoms with Gasteiger partial charge in [0.1, 0.15) is 5.75 Å². The number of phenolic OH excluding ortho intramolecular Hbond substituents is 1. The van der Waals surface area contributed by atoms with Crippen LogP contribution in [0, 0.1) is 0 Å². The number of allylic oxidation sites excluding steroid dienone is 1. The lowest BCUT2D eigenvalue weighted by Gasteiger charge is -1.96. The normalized spacial score (nSPS) is 11.0. The third kappa shape index (κ3) is 3.31. The number of phenols is 1. The summed E-state index contributed by atoms with van der Waals surface area (Å²) in [5, 5.41) is 9.30. The molecule has 1 heterocycles. The summed E-state index contributed by atoms with van der Waals surface area (Å²) in [6.07, 6.45) is 3.26. The molecule has 0 aliphatic rings. The van der Waals surface area contributed by atoms with Crippen molar-refractivity contribution in [2.75, 3.05) is 0 Å². The Bertz CT molecular complexity index is 598. The van der Waals surface area contributed by atoms with Crippen molar-refractivity contribution in [1.82, 2.24) is 0 Å². The van der Waals surface area contributed by atoms with Crippen LogP contribution in [-0.2, 0) is 0 Å². The van der Waals surface area contributed by atoms with Crippen molar-refractivity contribution in [3.05, 3.63) is 55.1 Å². The molecule has 5 heteroatoms. The predicted molar refractivity (Wildman–Crippen MR) is 81.2 cm³/mol. The van der Waals surface area contributed by atoms with E-state index in [1.54, 1.807) is 18.2 Å². The van der Waals surface area contributed by atoms with Gasteiger partial charge in [-0.3, -0.25) is 4.79 Å². The lowest BCUT2D eigenvalue weighted by atomic mass is 10.1. The van der Waals surface area contributed by atoms with Gasteiger partial charge < -0.3 is 5.11 Å². The molecule has 0 saturated carbocycles. The number of carbonyl (C=O) groups is 1. The second-order valence-electron chi connectivity index (χ2n) is 3.52. The molecular weight excluding hydrogens is 380 g/mol. The maximum atomic E-state index is 11.8. The summed E-state index contributed by atoms with van der Waals surface area (Å²) in [6, 6.07) is 8.24. The van der Waals surface area contributed by atoms with Crippen LogP contribution in [0.5, 0.6) is 5.75 Å². The number of aromatic hydroxyl groups is 1. The Morgan fingerprint density at radius 1 is 1.28 bits per heavy atom. The van der Waals surface area contributed by atoms with E-state index in [4.69, 9.17) is 0 Å². The number of thiophene rings is 1. The minimum Gasteiger partial charge on any atom is -0.508 e. The zero-order valence-electron chi connectivity index (χ0n) is 9.06. The first-order chi connectivity index (χ1) is 8.56. The van der Waals surface area contributed by atoms with E-state index in [1.807, 2.05) is 6.07 Å². The minimum atomic E-state index is -0.133. The van der Waals surface area contributed by atoms with Gasteiger partial charge >= 0.3 is 0 Å². The van der Waals surface area contributed by atoms with Crippen LogP contribution in [0.2, 0.25) is 0 Å². The molecule has 0 amide bonds. The van der Waals surface area contributed by atoms with Crippen molar-refractivity contribution in [3.8, 4) is 5.75 Å². The van der Waals surface area contributed by atoms with Gasteiger partial charge in [-0.25, -0.2) is 0 Å². The predicted octanol–water partition coefficient (Wildman–Crippen LogP) is 4.87. The van der Waals surface area contributed by atoms with Gasteiger partial charge in [0.05, 0.1) is 3.79 Å². The zero-order valence-corrected chi connectivity index (χ0v) is 13.0. The van der Waals surface area contributed by atoms with Crippen molar-refractivity contribution in [2.45, 2.75) is 0 Å². The van der Waals surface area contributed by atoms with Crippen molar-refractivity contribution >= 4 is 55.1 Å². The van der Waals surface area contributed by atoms with Gasteiger partial charge in [0, 0.05) is 14.9 Å². The fourth-order valence-electron chi connectivity index (χ4n) is 1.36. The largest absolute Gasteiger partial charge is 0.508 e. The summed E-state index contributed by atoms with van der Waals surface area (Å²) in [6.45, 7) is 0. The van der Waals surface area contributed by atoms with Gasteiger partial charge in [-0.05, 0) is 62.2 Å². The van der Waals surface area contributed by atoms with Crippen LogP contribution in [0.3, 0.4) is 0 Å². The highest BCUT2D eigenvalue weighted by Crippen LogP contribution is 2.33. The van der Waals surface area contributed by atoms with Crippen LogP contribution in [0.15, 0.2) is 44.7 Å². The highest BCUT2D eigenvalue weighted by Gasteiger charge is 2.04. The number of hydrogen-bond donors (Lipinski definition) is 1. The zero-order chi connectivity index (χ0) is 13.1. The lowest BCUT2D eigenvalue weighted by molar-refractivity contribution is 0.104. The first kappa shape index (κ1) is 13.5. The standard InChI is InChI=1S/C13H8Br2O2S/c14-11-7-10(18-13(11)15)4-5-12(17)8-2-1-3-9(16)6-8/h1-7,16H/b5-4+. The van der Waals surface area contributed by atoms with E-state index in [1.165, 1.54) is 29.5 Å². The van der Waals surface area contributed by atoms with Crippen LogP contribution < -0.4 is 0 Å². The molecule has 18 heavy (non-hydrogen) atoms. The average molecular weight is 388 g/mol. The molecule has 0 aliphatic carbocycles. The smallest absolute Gasteiger partial charge is 0.186 e. The molecule has 2 nitrogen and oxygen atoms in total. The second kappa shape index (κ2) is 5.82. The van der Waals surface area contributed by atoms with E-state index < -0.39 is 0 Å². The first-order valence-corrected chi connectivity index (χ1v) is 7.43. The Hall–Kier alpha value is -0.910. The molecule has 0 fully saturated rings. The Balaban J connectivity index is 2.16. The molecule has 0 spiro atoms. The first-order valence-electron chi connectivity index (χ1n) is 5.02. The van der Waals surface area contributed by atoms with Gasteiger partial charge in [0.25, 0.3) is 0 Å². The van der Waals surface area contributed by atoms with Gasteiger partial charge in [-0.15, -0.1) is 11.3 Å². The number of ketones is 1. The van der Waals surface area contributed by atoms with Crippen LogP contribution in [0.1, 0.15) is 15.2 Å². The lowest BCUT2D eigenvalue weighted by Crippen LogP contribution is -1.92. The third-order valence-electron chi connectivity index (χ3n) is 2.19. The molecule has 0 bridgehead atoms. The summed E-state index contributed by atoms with van der Waals surface area (Å²) in [5.74, 6) is -0.0394. The molecule has 1 aromatic carbocycles. The number of rotatable bonds is 3. The van der Waals surface area contributed by atoms with E-state index >= 15 is 0 Å².